The van der Waals surface area contributed by atoms with Crippen molar-refractivity contribution >= 4 is 23.0 Å². The summed E-state index contributed by atoms with van der Waals surface area (Å²) in [4.78, 5) is 2.27. The molecule has 2 nitrogen and oxygen atoms in total. The molecule has 0 bridgehead atoms. The van der Waals surface area contributed by atoms with Crippen molar-refractivity contribution in [1.82, 2.24) is 0 Å². The van der Waals surface area contributed by atoms with Gasteiger partial charge in [-0.15, -0.1) is 0 Å². The molecule has 0 radical (unpaired) electrons. The van der Waals surface area contributed by atoms with Crippen molar-refractivity contribution in [2.75, 3.05) is 11.4 Å². The molecule has 0 spiro atoms. The third-order valence-corrected chi connectivity index (χ3v) is 3.67. The number of anilines is 2. The molecule has 2 aromatic carbocycles. The van der Waals surface area contributed by atoms with E-state index in [9.17, 15) is 0 Å². The highest BCUT2D eigenvalue weighted by Gasteiger charge is 2.15. The summed E-state index contributed by atoms with van der Waals surface area (Å²) in [6.07, 6.45) is 2.26. The Bertz CT molecular complexity index is 540. The van der Waals surface area contributed by atoms with Crippen molar-refractivity contribution in [2.24, 2.45) is 5.73 Å². The SMILES string of the molecule is CCCCN(c1ccccc1)c1c(Cl)cccc1CN. The summed E-state index contributed by atoms with van der Waals surface area (Å²) in [6.45, 7) is 3.63. The molecule has 0 fully saturated rings. The summed E-state index contributed by atoms with van der Waals surface area (Å²) in [5.41, 5.74) is 9.15. The van der Waals surface area contributed by atoms with E-state index in [-0.39, 0.29) is 0 Å². The van der Waals surface area contributed by atoms with Crippen molar-refractivity contribution in [3.8, 4) is 0 Å². The van der Waals surface area contributed by atoms with E-state index < -0.39 is 0 Å². The first-order valence-corrected chi connectivity index (χ1v) is 7.45. The van der Waals surface area contributed by atoms with Crippen LogP contribution in [0.25, 0.3) is 0 Å². The van der Waals surface area contributed by atoms with Crippen LogP contribution in [0.1, 0.15) is 25.3 Å². The van der Waals surface area contributed by atoms with Crippen LogP contribution in [0.15, 0.2) is 48.5 Å². The van der Waals surface area contributed by atoms with E-state index in [0.717, 1.165) is 41.3 Å². The van der Waals surface area contributed by atoms with E-state index >= 15 is 0 Å². The van der Waals surface area contributed by atoms with Crippen molar-refractivity contribution in [3.63, 3.8) is 0 Å². The Kier molecular flexibility index (Phi) is 5.45. The molecule has 0 aliphatic heterocycles. The Balaban J connectivity index is 2.46. The minimum Gasteiger partial charge on any atom is -0.340 e. The van der Waals surface area contributed by atoms with Crippen LogP contribution in [0.3, 0.4) is 0 Å². The van der Waals surface area contributed by atoms with Crippen molar-refractivity contribution in [1.29, 1.82) is 0 Å². The van der Waals surface area contributed by atoms with E-state index in [4.69, 9.17) is 17.3 Å². The molecule has 2 N–H and O–H groups in total. The second kappa shape index (κ2) is 7.32. The maximum absolute atomic E-state index is 6.43. The summed E-state index contributed by atoms with van der Waals surface area (Å²) >= 11 is 6.43. The Hall–Kier alpha value is -1.51. The second-order valence-corrected chi connectivity index (χ2v) is 5.20. The Morgan fingerprint density at radius 3 is 2.45 bits per heavy atom. The van der Waals surface area contributed by atoms with Gasteiger partial charge in [-0.05, 0) is 30.2 Å². The molecule has 0 aliphatic carbocycles. The molecule has 20 heavy (non-hydrogen) atoms. The second-order valence-electron chi connectivity index (χ2n) is 4.79. The Labute approximate surface area is 126 Å². The zero-order valence-electron chi connectivity index (χ0n) is 11.8. The molecular formula is C17H21ClN2. The van der Waals surface area contributed by atoms with Crippen molar-refractivity contribution in [2.45, 2.75) is 26.3 Å². The first kappa shape index (κ1) is 14.9. The molecule has 0 unspecified atom stereocenters. The van der Waals surface area contributed by atoms with E-state index in [1.54, 1.807) is 0 Å². The fourth-order valence-electron chi connectivity index (χ4n) is 2.32. The average Bonchev–Trinajstić information content (AvgIpc) is 2.50. The standard InChI is InChI=1S/C17H21ClN2/c1-2-3-12-20(15-9-5-4-6-10-15)17-14(13-19)8-7-11-16(17)18/h4-11H,2-3,12-13,19H2,1H3. The van der Waals surface area contributed by atoms with Gasteiger partial charge in [0.1, 0.15) is 0 Å². The van der Waals surface area contributed by atoms with Crippen LogP contribution in [0.4, 0.5) is 11.4 Å². The van der Waals surface area contributed by atoms with Crippen LogP contribution in [-0.4, -0.2) is 6.54 Å². The smallest absolute Gasteiger partial charge is 0.0646 e. The first-order chi connectivity index (χ1) is 9.77. The number of hydrogen-bond acceptors (Lipinski definition) is 2. The van der Waals surface area contributed by atoms with Crippen LogP contribution in [0.5, 0.6) is 0 Å². The van der Waals surface area contributed by atoms with Gasteiger partial charge in [-0.3, -0.25) is 0 Å². The van der Waals surface area contributed by atoms with Gasteiger partial charge in [0, 0.05) is 18.8 Å². The average molecular weight is 289 g/mol. The zero-order valence-corrected chi connectivity index (χ0v) is 12.6. The van der Waals surface area contributed by atoms with Crippen LogP contribution >= 0.6 is 11.6 Å². The Morgan fingerprint density at radius 2 is 1.80 bits per heavy atom. The molecule has 0 amide bonds. The van der Waals surface area contributed by atoms with Gasteiger partial charge in [0.25, 0.3) is 0 Å². The van der Waals surface area contributed by atoms with Crippen molar-refractivity contribution < 1.29 is 0 Å². The van der Waals surface area contributed by atoms with Gasteiger partial charge in [-0.1, -0.05) is 55.3 Å². The molecule has 3 heteroatoms. The van der Waals surface area contributed by atoms with Gasteiger partial charge >= 0.3 is 0 Å². The van der Waals surface area contributed by atoms with Gasteiger partial charge in [-0.2, -0.15) is 0 Å². The van der Waals surface area contributed by atoms with Crippen LogP contribution in [0.2, 0.25) is 5.02 Å². The molecule has 0 aromatic heterocycles. The van der Waals surface area contributed by atoms with E-state index in [1.165, 1.54) is 0 Å². The summed E-state index contributed by atoms with van der Waals surface area (Å²) in [5, 5.41) is 0.757. The molecule has 0 aliphatic rings. The fraction of sp³-hybridized carbons (Fsp3) is 0.294. The highest BCUT2D eigenvalue weighted by Crippen LogP contribution is 2.35. The lowest BCUT2D eigenvalue weighted by atomic mass is 10.1. The quantitative estimate of drug-likeness (QED) is 0.832. The topological polar surface area (TPSA) is 29.3 Å². The number of nitrogens with zero attached hydrogens (tertiary/aromatic N) is 1. The molecule has 2 rings (SSSR count). The molecule has 0 saturated heterocycles. The van der Waals surface area contributed by atoms with Crippen LogP contribution < -0.4 is 10.6 Å². The predicted molar refractivity (Wildman–Crippen MR) is 87.7 cm³/mol. The number of para-hydroxylation sites is 2. The third-order valence-electron chi connectivity index (χ3n) is 3.36. The van der Waals surface area contributed by atoms with Crippen molar-refractivity contribution in [3.05, 3.63) is 59.1 Å². The largest absolute Gasteiger partial charge is 0.340 e. The molecule has 2 aromatic rings. The Morgan fingerprint density at radius 1 is 1.05 bits per heavy atom. The molecule has 0 heterocycles. The lowest BCUT2D eigenvalue weighted by Gasteiger charge is -2.28. The van der Waals surface area contributed by atoms with Gasteiger partial charge in [-0.25, -0.2) is 0 Å². The molecule has 106 valence electrons. The number of benzene rings is 2. The summed E-state index contributed by atoms with van der Waals surface area (Å²) in [7, 11) is 0. The number of unbranched alkanes of at least 4 members (excludes halogenated alkanes) is 1. The summed E-state index contributed by atoms with van der Waals surface area (Å²) in [6, 6.07) is 16.3. The van der Waals surface area contributed by atoms with Gasteiger partial charge in [0.2, 0.25) is 0 Å². The number of rotatable bonds is 6. The lowest BCUT2D eigenvalue weighted by molar-refractivity contribution is 0.783. The minimum absolute atomic E-state index is 0.491. The number of hydrogen-bond donors (Lipinski definition) is 1. The maximum Gasteiger partial charge on any atom is 0.0646 e. The molecular weight excluding hydrogens is 268 g/mol. The van der Waals surface area contributed by atoms with Gasteiger partial charge in [0.15, 0.2) is 0 Å². The van der Waals surface area contributed by atoms with Crippen LogP contribution in [0, 0.1) is 0 Å². The lowest BCUT2D eigenvalue weighted by Crippen LogP contribution is -2.21. The normalized spacial score (nSPS) is 10.6. The van der Waals surface area contributed by atoms with E-state index in [0.29, 0.717) is 6.54 Å². The third kappa shape index (κ3) is 3.33. The highest BCUT2D eigenvalue weighted by molar-refractivity contribution is 6.33. The maximum atomic E-state index is 6.43. The highest BCUT2D eigenvalue weighted by atomic mass is 35.5. The molecule has 0 atom stereocenters. The van der Waals surface area contributed by atoms with Crippen LogP contribution in [-0.2, 0) is 6.54 Å². The van der Waals surface area contributed by atoms with E-state index in [1.807, 2.05) is 36.4 Å². The summed E-state index contributed by atoms with van der Waals surface area (Å²) in [5.74, 6) is 0. The summed E-state index contributed by atoms with van der Waals surface area (Å²) < 4.78 is 0. The van der Waals surface area contributed by atoms with E-state index in [2.05, 4.69) is 24.0 Å². The zero-order chi connectivity index (χ0) is 14.4. The first-order valence-electron chi connectivity index (χ1n) is 7.08. The fourth-order valence-corrected chi connectivity index (χ4v) is 2.62. The monoisotopic (exact) mass is 288 g/mol. The number of nitrogens with two attached hydrogens (primary N) is 1. The van der Waals surface area contributed by atoms with Gasteiger partial charge < -0.3 is 10.6 Å². The van der Waals surface area contributed by atoms with Gasteiger partial charge in [0.05, 0.1) is 10.7 Å². The minimum atomic E-state index is 0.491. The number of halogens is 1. The predicted octanol–water partition coefficient (Wildman–Crippen LogP) is 4.74. The molecule has 0 saturated carbocycles.